The summed E-state index contributed by atoms with van der Waals surface area (Å²) in [5, 5.41) is 12.4. The fourth-order valence-corrected chi connectivity index (χ4v) is 1.99. The number of urea groups is 1. The first kappa shape index (κ1) is 16.3. The minimum absolute atomic E-state index is 0.0681. The highest BCUT2D eigenvalue weighted by Crippen LogP contribution is 2.32. The summed E-state index contributed by atoms with van der Waals surface area (Å²) in [6.45, 7) is 3.47. The normalized spacial score (nSPS) is 12.0. The number of rotatable bonds is 3. The molecule has 0 fully saturated rings. The molecule has 6 nitrogen and oxygen atoms in total. The van der Waals surface area contributed by atoms with E-state index < -0.39 is 17.8 Å². The van der Waals surface area contributed by atoms with E-state index in [0.717, 1.165) is 16.7 Å². The zero-order chi connectivity index (χ0) is 16.5. The lowest BCUT2D eigenvalue weighted by Crippen LogP contribution is -2.39. The van der Waals surface area contributed by atoms with Crippen molar-refractivity contribution in [3.63, 3.8) is 0 Å². The van der Waals surface area contributed by atoms with E-state index in [2.05, 4.69) is 20.8 Å². The van der Waals surface area contributed by atoms with Gasteiger partial charge in [0, 0.05) is 12.2 Å². The van der Waals surface area contributed by atoms with Crippen LogP contribution in [0.5, 0.6) is 0 Å². The first-order chi connectivity index (χ1) is 10.2. The van der Waals surface area contributed by atoms with Crippen LogP contribution in [0.15, 0.2) is 12.3 Å². The highest BCUT2D eigenvalue weighted by Gasteiger charge is 2.32. The maximum Gasteiger partial charge on any atom is 0.417 e. The fourth-order valence-electron chi connectivity index (χ4n) is 1.75. The number of alkyl halides is 3. The van der Waals surface area contributed by atoms with Gasteiger partial charge in [-0.1, -0.05) is 11.6 Å². The Bertz CT molecular complexity index is 698. The number of pyridine rings is 1. The smallest absolute Gasteiger partial charge is 0.336 e. The third-order valence-corrected chi connectivity index (χ3v) is 2.96. The van der Waals surface area contributed by atoms with Crippen LogP contribution >= 0.6 is 11.6 Å². The summed E-state index contributed by atoms with van der Waals surface area (Å²) >= 11 is 5.79. The van der Waals surface area contributed by atoms with Crippen LogP contribution in [0.3, 0.4) is 0 Å². The highest BCUT2D eigenvalue weighted by atomic mass is 35.5. The van der Waals surface area contributed by atoms with Gasteiger partial charge in [-0.05, 0) is 19.9 Å². The Balaban J connectivity index is 2.28. The van der Waals surface area contributed by atoms with Gasteiger partial charge in [-0.15, -0.1) is 10.2 Å². The molecule has 2 amide bonds. The molecule has 0 radical (unpaired) electrons. The topological polar surface area (TPSA) is 71.3 Å². The molecular weight excluding hydrogens is 323 g/mol. The van der Waals surface area contributed by atoms with Crippen LogP contribution in [0.2, 0.25) is 5.02 Å². The fraction of sp³-hybridized carbons (Fsp3) is 0.417. The van der Waals surface area contributed by atoms with Gasteiger partial charge in [0.25, 0.3) is 0 Å². The molecule has 0 aliphatic heterocycles. The summed E-state index contributed by atoms with van der Waals surface area (Å²) in [7, 11) is 0. The Morgan fingerprint density at radius 2 is 2.09 bits per heavy atom. The second-order valence-corrected chi connectivity index (χ2v) is 5.27. The van der Waals surface area contributed by atoms with Crippen molar-refractivity contribution in [2.45, 2.75) is 32.6 Å². The number of hydrogen-bond donors (Lipinski definition) is 2. The number of nitrogens with one attached hydrogen (secondary N) is 2. The lowest BCUT2D eigenvalue weighted by atomic mass is 10.3. The molecular formula is C12H13ClF3N5O. The monoisotopic (exact) mass is 335 g/mol. The number of halogens is 4. The molecule has 0 aliphatic carbocycles. The van der Waals surface area contributed by atoms with E-state index in [1.807, 2.05) is 0 Å². The number of fused-ring (bicyclic) bond motifs is 1. The van der Waals surface area contributed by atoms with Gasteiger partial charge in [0.05, 0.1) is 17.1 Å². The molecule has 0 aliphatic rings. The molecule has 0 bridgehead atoms. The predicted molar refractivity (Wildman–Crippen MR) is 73.5 cm³/mol. The number of aromatic nitrogens is 3. The molecule has 2 heterocycles. The summed E-state index contributed by atoms with van der Waals surface area (Å²) in [5.74, 6) is 0.141. The predicted octanol–water partition coefficient (Wildman–Crippen LogP) is 2.61. The quantitative estimate of drug-likeness (QED) is 0.905. The summed E-state index contributed by atoms with van der Waals surface area (Å²) < 4.78 is 39.5. The van der Waals surface area contributed by atoms with Gasteiger partial charge in [0.2, 0.25) is 0 Å². The SMILES string of the molecule is CC(C)NC(=O)NCc1nnc2c(Cl)cc(C(F)(F)F)cn12. The van der Waals surface area contributed by atoms with E-state index in [-0.39, 0.29) is 29.1 Å². The standard InChI is InChI=1S/C12H13ClF3N5O/c1-6(2)18-11(22)17-4-9-19-20-10-8(13)3-7(5-21(9)10)12(14,15)16/h3,5-6H,4H2,1-2H3,(H2,17,18,22). The number of hydrogen-bond acceptors (Lipinski definition) is 3. The lowest BCUT2D eigenvalue weighted by Gasteiger charge is -2.10. The zero-order valence-corrected chi connectivity index (χ0v) is 12.5. The molecule has 0 aromatic carbocycles. The van der Waals surface area contributed by atoms with Gasteiger partial charge < -0.3 is 10.6 Å². The molecule has 0 saturated carbocycles. The highest BCUT2D eigenvalue weighted by molar-refractivity contribution is 6.33. The van der Waals surface area contributed by atoms with Crippen molar-refractivity contribution in [2.24, 2.45) is 0 Å². The van der Waals surface area contributed by atoms with Gasteiger partial charge in [-0.2, -0.15) is 13.2 Å². The molecule has 120 valence electrons. The average molecular weight is 336 g/mol. The molecule has 0 unspecified atom stereocenters. The van der Waals surface area contributed by atoms with Gasteiger partial charge >= 0.3 is 12.2 Å². The van der Waals surface area contributed by atoms with Crippen molar-refractivity contribution in [1.29, 1.82) is 0 Å². The summed E-state index contributed by atoms with van der Waals surface area (Å²) in [6.07, 6.45) is -3.69. The molecule has 2 rings (SSSR count). The van der Waals surface area contributed by atoms with Crippen LogP contribution in [0.25, 0.3) is 5.65 Å². The maximum absolute atomic E-state index is 12.8. The van der Waals surface area contributed by atoms with Gasteiger partial charge in [-0.25, -0.2) is 4.79 Å². The zero-order valence-electron chi connectivity index (χ0n) is 11.7. The van der Waals surface area contributed by atoms with Crippen molar-refractivity contribution < 1.29 is 18.0 Å². The Morgan fingerprint density at radius 1 is 1.41 bits per heavy atom. The van der Waals surface area contributed by atoms with Crippen LogP contribution in [0.4, 0.5) is 18.0 Å². The van der Waals surface area contributed by atoms with Crippen LogP contribution in [0, 0.1) is 0 Å². The van der Waals surface area contributed by atoms with Gasteiger partial charge in [0.15, 0.2) is 11.5 Å². The van der Waals surface area contributed by atoms with Gasteiger partial charge in [-0.3, -0.25) is 4.40 Å². The Hall–Kier alpha value is -2.03. The molecule has 2 N–H and O–H groups in total. The minimum atomic E-state index is -4.54. The van der Waals surface area contributed by atoms with E-state index >= 15 is 0 Å². The molecule has 2 aromatic heterocycles. The first-order valence-electron chi connectivity index (χ1n) is 6.33. The summed E-state index contributed by atoms with van der Waals surface area (Å²) in [6, 6.07) is 0.264. The van der Waals surface area contributed by atoms with Crippen LogP contribution in [0.1, 0.15) is 25.2 Å². The average Bonchev–Trinajstić information content (AvgIpc) is 2.78. The number of nitrogens with zero attached hydrogens (tertiary/aromatic N) is 3. The van der Waals surface area contributed by atoms with Crippen molar-refractivity contribution in [3.05, 3.63) is 28.7 Å². The van der Waals surface area contributed by atoms with E-state index in [9.17, 15) is 18.0 Å². The Morgan fingerprint density at radius 3 is 2.68 bits per heavy atom. The van der Waals surface area contributed by atoms with Gasteiger partial charge in [0.1, 0.15) is 0 Å². The molecule has 10 heteroatoms. The second kappa shape index (κ2) is 5.99. The minimum Gasteiger partial charge on any atom is -0.336 e. The van der Waals surface area contributed by atoms with E-state index in [1.165, 1.54) is 0 Å². The molecule has 0 spiro atoms. The molecule has 0 atom stereocenters. The summed E-state index contributed by atoms with van der Waals surface area (Å²) in [4.78, 5) is 11.5. The maximum atomic E-state index is 12.8. The number of amides is 2. The lowest BCUT2D eigenvalue weighted by molar-refractivity contribution is -0.137. The second-order valence-electron chi connectivity index (χ2n) is 4.87. The Kier molecular flexibility index (Phi) is 4.45. The van der Waals surface area contributed by atoms with Crippen LogP contribution in [-0.4, -0.2) is 26.7 Å². The molecule has 2 aromatic rings. The summed E-state index contributed by atoms with van der Waals surface area (Å²) in [5.41, 5.74) is -0.826. The molecule has 22 heavy (non-hydrogen) atoms. The Labute approximate surface area is 128 Å². The molecule has 0 saturated heterocycles. The van der Waals surface area contributed by atoms with Crippen molar-refractivity contribution in [2.75, 3.05) is 0 Å². The van der Waals surface area contributed by atoms with Crippen LogP contribution < -0.4 is 10.6 Å². The van der Waals surface area contributed by atoms with E-state index in [1.54, 1.807) is 13.8 Å². The van der Waals surface area contributed by atoms with E-state index in [0.29, 0.717) is 0 Å². The van der Waals surface area contributed by atoms with Crippen molar-refractivity contribution in [3.8, 4) is 0 Å². The first-order valence-corrected chi connectivity index (χ1v) is 6.71. The third-order valence-electron chi connectivity index (χ3n) is 2.68. The number of carbonyl (C=O) groups is 1. The van der Waals surface area contributed by atoms with E-state index in [4.69, 9.17) is 11.6 Å². The van der Waals surface area contributed by atoms with Crippen molar-refractivity contribution in [1.82, 2.24) is 25.2 Å². The number of carbonyl (C=O) groups excluding carboxylic acids is 1. The van der Waals surface area contributed by atoms with Crippen LogP contribution in [-0.2, 0) is 12.7 Å². The third kappa shape index (κ3) is 3.59. The largest absolute Gasteiger partial charge is 0.417 e. The van der Waals surface area contributed by atoms with Crippen molar-refractivity contribution >= 4 is 23.3 Å².